The minimum Gasteiger partial charge on any atom is -0.310 e. The molecule has 1 spiro atoms. The van der Waals surface area contributed by atoms with Crippen LogP contribution in [0.3, 0.4) is 0 Å². The van der Waals surface area contributed by atoms with E-state index in [9.17, 15) is 0 Å². The number of hydrogen-bond acceptors (Lipinski definition) is 1. The number of anilines is 3. The Morgan fingerprint density at radius 3 is 1.62 bits per heavy atom. The third-order valence-corrected chi connectivity index (χ3v) is 13.9. The van der Waals surface area contributed by atoms with Gasteiger partial charge in [-0.25, -0.2) is 0 Å². The molecule has 0 saturated heterocycles. The molecule has 0 unspecified atom stereocenters. The molecule has 4 fully saturated rings. The van der Waals surface area contributed by atoms with Crippen molar-refractivity contribution in [3.63, 3.8) is 0 Å². The third kappa shape index (κ3) is 3.79. The Morgan fingerprint density at radius 2 is 0.940 bits per heavy atom. The number of benzene rings is 6. The highest BCUT2D eigenvalue weighted by Crippen LogP contribution is 2.69. The first-order chi connectivity index (χ1) is 24.5. The molecule has 1 heteroatoms. The first-order valence-electron chi connectivity index (χ1n) is 18.9. The first kappa shape index (κ1) is 28.9. The zero-order chi connectivity index (χ0) is 33.2. The van der Waals surface area contributed by atoms with E-state index >= 15 is 0 Å². The van der Waals surface area contributed by atoms with Gasteiger partial charge in [-0.15, -0.1) is 0 Å². The topological polar surface area (TPSA) is 3.24 Å². The Balaban J connectivity index is 1.15. The van der Waals surface area contributed by atoms with Crippen LogP contribution in [0.15, 0.2) is 140 Å². The van der Waals surface area contributed by atoms with Crippen LogP contribution < -0.4 is 4.90 Å². The highest BCUT2D eigenvalue weighted by molar-refractivity contribution is 5.92. The summed E-state index contributed by atoms with van der Waals surface area (Å²) in [6.07, 6.45) is 7.05. The summed E-state index contributed by atoms with van der Waals surface area (Å²) < 4.78 is 0. The number of fused-ring (bicyclic) bond motifs is 6. The molecule has 4 bridgehead atoms. The maximum absolute atomic E-state index is 2.65. The number of para-hydroxylation sites is 1. The number of nitrogens with zero attached hydrogens (tertiary/aromatic N) is 1. The van der Waals surface area contributed by atoms with E-state index in [2.05, 4.69) is 158 Å². The molecular formula is C49H43N. The first-order valence-corrected chi connectivity index (χ1v) is 18.9. The van der Waals surface area contributed by atoms with E-state index in [4.69, 9.17) is 0 Å². The standard InChI is InChI=1S/C49H43N/c1-48(2)43-17-9-6-15-39(43)41-22-20-36(29-45(41)48)50(47-19-11-8-14-38(47)33-12-4-3-5-13-33)37-21-23-42-40-16-7-10-18-44(40)49(46(42)30-37)34-25-31-24-32(27-34)28-35(49)26-31/h3-23,29-32,34-35H,24-28H2,1-2H3. The van der Waals surface area contributed by atoms with Crippen LogP contribution in [0.4, 0.5) is 17.1 Å². The summed E-state index contributed by atoms with van der Waals surface area (Å²) in [5.74, 6) is 3.33. The molecule has 6 aromatic rings. The van der Waals surface area contributed by atoms with Crippen molar-refractivity contribution in [2.75, 3.05) is 4.90 Å². The summed E-state index contributed by atoms with van der Waals surface area (Å²) in [6.45, 7) is 4.79. The summed E-state index contributed by atoms with van der Waals surface area (Å²) in [5.41, 5.74) is 18.0. The molecule has 6 aliphatic carbocycles. The Bertz CT molecular complexity index is 2300. The summed E-state index contributed by atoms with van der Waals surface area (Å²) in [7, 11) is 0. The van der Waals surface area contributed by atoms with Gasteiger partial charge >= 0.3 is 0 Å². The fourth-order valence-electron chi connectivity index (χ4n) is 12.1. The summed E-state index contributed by atoms with van der Waals surface area (Å²) in [5, 5.41) is 0. The van der Waals surface area contributed by atoms with Crippen LogP contribution in [-0.2, 0) is 10.8 Å². The molecule has 0 heterocycles. The van der Waals surface area contributed by atoms with Crippen LogP contribution in [0.2, 0.25) is 0 Å². The molecule has 1 nitrogen and oxygen atoms in total. The minimum atomic E-state index is -0.0728. The average Bonchev–Trinajstić information content (AvgIpc) is 3.56. The van der Waals surface area contributed by atoms with Gasteiger partial charge in [0.1, 0.15) is 0 Å². The molecular weight excluding hydrogens is 603 g/mol. The monoisotopic (exact) mass is 645 g/mol. The highest BCUT2D eigenvalue weighted by Gasteiger charge is 2.61. The maximum atomic E-state index is 2.65. The van der Waals surface area contributed by atoms with Crippen LogP contribution in [0.5, 0.6) is 0 Å². The van der Waals surface area contributed by atoms with Crippen molar-refractivity contribution in [3.05, 3.63) is 162 Å². The molecule has 0 radical (unpaired) electrons. The molecule has 0 aliphatic heterocycles. The minimum absolute atomic E-state index is 0.0728. The highest BCUT2D eigenvalue weighted by atomic mass is 15.1. The van der Waals surface area contributed by atoms with Gasteiger partial charge in [0.2, 0.25) is 0 Å². The quantitative estimate of drug-likeness (QED) is 0.184. The smallest absolute Gasteiger partial charge is 0.0540 e. The fourth-order valence-corrected chi connectivity index (χ4v) is 12.1. The van der Waals surface area contributed by atoms with Crippen LogP contribution in [-0.4, -0.2) is 0 Å². The molecule has 244 valence electrons. The van der Waals surface area contributed by atoms with Crippen molar-refractivity contribution in [1.29, 1.82) is 0 Å². The predicted octanol–water partition coefficient (Wildman–Crippen LogP) is 12.9. The van der Waals surface area contributed by atoms with E-state index in [0.29, 0.717) is 0 Å². The molecule has 6 aromatic carbocycles. The van der Waals surface area contributed by atoms with Crippen LogP contribution in [0.1, 0.15) is 68.2 Å². The summed E-state index contributed by atoms with van der Waals surface area (Å²) in [4.78, 5) is 2.58. The number of rotatable bonds is 4. The SMILES string of the molecule is CC1(C)c2ccccc2-c2ccc(N(c3ccc4c(c3)C3(c5ccccc5-4)C4CC5CC(C4)CC3C5)c3ccccc3-c3ccccc3)cc21. The van der Waals surface area contributed by atoms with Gasteiger partial charge in [-0.2, -0.15) is 0 Å². The molecule has 0 amide bonds. The van der Waals surface area contributed by atoms with E-state index in [1.54, 1.807) is 11.1 Å². The van der Waals surface area contributed by atoms with E-state index < -0.39 is 0 Å². The second-order valence-corrected chi connectivity index (χ2v) is 16.6. The van der Waals surface area contributed by atoms with Crippen molar-refractivity contribution in [3.8, 4) is 33.4 Å². The Kier molecular flexibility index (Phi) is 5.97. The lowest BCUT2D eigenvalue weighted by atomic mass is 9.43. The average molecular weight is 646 g/mol. The summed E-state index contributed by atoms with van der Waals surface area (Å²) >= 11 is 0. The lowest BCUT2D eigenvalue weighted by molar-refractivity contribution is -0.0399. The van der Waals surface area contributed by atoms with Gasteiger partial charge < -0.3 is 4.90 Å². The molecule has 0 N–H and O–H groups in total. The van der Waals surface area contributed by atoms with E-state index in [0.717, 1.165) is 23.7 Å². The van der Waals surface area contributed by atoms with Crippen LogP contribution in [0.25, 0.3) is 33.4 Å². The van der Waals surface area contributed by atoms with Crippen LogP contribution in [0, 0.1) is 23.7 Å². The predicted molar refractivity (Wildman–Crippen MR) is 207 cm³/mol. The Morgan fingerprint density at radius 1 is 0.440 bits per heavy atom. The van der Waals surface area contributed by atoms with Gasteiger partial charge in [-0.3, -0.25) is 0 Å². The number of hydrogen-bond donors (Lipinski definition) is 0. The second kappa shape index (κ2) is 10.3. The van der Waals surface area contributed by atoms with Gasteiger partial charge in [0.15, 0.2) is 0 Å². The van der Waals surface area contributed by atoms with E-state index in [1.165, 1.54) is 93.7 Å². The van der Waals surface area contributed by atoms with Crippen molar-refractivity contribution < 1.29 is 0 Å². The summed E-state index contributed by atoms with van der Waals surface area (Å²) in [6, 6.07) is 53.3. The van der Waals surface area contributed by atoms with Crippen molar-refractivity contribution in [2.45, 2.75) is 56.8 Å². The lowest BCUT2D eigenvalue weighted by Gasteiger charge is -2.61. The van der Waals surface area contributed by atoms with Gasteiger partial charge in [-0.05, 0) is 136 Å². The van der Waals surface area contributed by atoms with E-state index in [-0.39, 0.29) is 10.8 Å². The van der Waals surface area contributed by atoms with Crippen LogP contribution >= 0.6 is 0 Å². The third-order valence-electron chi connectivity index (χ3n) is 13.9. The maximum Gasteiger partial charge on any atom is 0.0540 e. The zero-order valence-corrected chi connectivity index (χ0v) is 29.1. The lowest BCUT2D eigenvalue weighted by Crippen LogP contribution is -2.55. The Labute approximate surface area is 296 Å². The van der Waals surface area contributed by atoms with Crippen molar-refractivity contribution in [1.82, 2.24) is 0 Å². The zero-order valence-electron chi connectivity index (χ0n) is 29.1. The Hall–Kier alpha value is -4.88. The van der Waals surface area contributed by atoms with Gasteiger partial charge in [0, 0.05) is 27.8 Å². The van der Waals surface area contributed by atoms with Crippen molar-refractivity contribution >= 4 is 17.1 Å². The molecule has 0 aromatic heterocycles. The molecule has 12 rings (SSSR count). The second-order valence-electron chi connectivity index (χ2n) is 16.6. The van der Waals surface area contributed by atoms with Gasteiger partial charge in [-0.1, -0.05) is 123 Å². The normalized spacial score (nSPS) is 25.6. The fraction of sp³-hybridized carbons (Fsp3) is 0.265. The van der Waals surface area contributed by atoms with Gasteiger partial charge in [0.05, 0.1) is 5.69 Å². The molecule has 50 heavy (non-hydrogen) atoms. The molecule has 4 saturated carbocycles. The van der Waals surface area contributed by atoms with E-state index in [1.807, 2.05) is 0 Å². The largest absolute Gasteiger partial charge is 0.310 e. The molecule has 6 aliphatic rings. The van der Waals surface area contributed by atoms with Crippen molar-refractivity contribution in [2.24, 2.45) is 23.7 Å². The molecule has 0 atom stereocenters. The van der Waals surface area contributed by atoms with Gasteiger partial charge in [0.25, 0.3) is 0 Å².